The molecule has 1 atom stereocenters. The first-order valence-electron chi connectivity index (χ1n) is 12.0. The van der Waals surface area contributed by atoms with E-state index in [9.17, 15) is 9.59 Å². The number of benzene rings is 3. The van der Waals surface area contributed by atoms with E-state index in [2.05, 4.69) is 60.1 Å². The number of esters is 1. The number of hydrogen-bond acceptors (Lipinski definition) is 4. The van der Waals surface area contributed by atoms with Gasteiger partial charge in [-0.3, -0.25) is 4.79 Å². The number of carbonyl (C=O) groups excluding carboxylic acids is 2. The maximum absolute atomic E-state index is 13.7. The van der Waals surface area contributed by atoms with Crippen LogP contribution in [0.2, 0.25) is 0 Å². The number of methoxy groups -OCH3 is 1. The number of dihydropyridines is 1. The molecule has 0 amide bonds. The molecule has 0 saturated heterocycles. The molecule has 0 unspecified atom stereocenters. The molecule has 0 saturated carbocycles. The van der Waals surface area contributed by atoms with Crippen LogP contribution in [0.1, 0.15) is 45.7 Å². The van der Waals surface area contributed by atoms with E-state index in [0.717, 1.165) is 39.3 Å². The third-order valence-corrected chi connectivity index (χ3v) is 7.43. The highest BCUT2D eigenvalue weighted by atomic mass is 16.5. The molecule has 36 heavy (non-hydrogen) atoms. The number of rotatable bonds is 3. The Labute approximate surface area is 209 Å². The topological polar surface area (TPSA) is 60.3 Å². The Morgan fingerprint density at radius 1 is 0.889 bits per heavy atom. The third-order valence-electron chi connectivity index (χ3n) is 7.43. The summed E-state index contributed by atoms with van der Waals surface area (Å²) in [5.74, 6) is -1.02. The summed E-state index contributed by atoms with van der Waals surface area (Å²) >= 11 is 0. The lowest BCUT2D eigenvalue weighted by Gasteiger charge is -2.29. The molecule has 5 heteroatoms. The number of fused-ring (bicyclic) bond motifs is 3. The van der Waals surface area contributed by atoms with Crippen LogP contribution in [0, 0.1) is 13.8 Å². The summed E-state index contributed by atoms with van der Waals surface area (Å²) in [5.41, 5.74) is 8.05. The van der Waals surface area contributed by atoms with Crippen LogP contribution in [0.4, 0.5) is 0 Å². The summed E-state index contributed by atoms with van der Waals surface area (Å²) < 4.78 is 7.40. The SMILES string of the molecule is COC(=O)C1=C(C)NC2=C(C(=O)c3ccccc32)[C@H]1c1cc(C)n(-c2ccc3ccccc3c2)c1C. The van der Waals surface area contributed by atoms with Gasteiger partial charge in [0.25, 0.3) is 0 Å². The fourth-order valence-electron chi connectivity index (χ4n) is 5.81. The van der Waals surface area contributed by atoms with E-state index >= 15 is 0 Å². The summed E-state index contributed by atoms with van der Waals surface area (Å²) in [6.45, 7) is 5.98. The van der Waals surface area contributed by atoms with Crippen molar-refractivity contribution in [3.63, 3.8) is 0 Å². The second kappa shape index (κ2) is 8.09. The number of ether oxygens (including phenoxy) is 1. The Bertz CT molecular complexity index is 1670. The number of allylic oxidation sites excluding steroid dienone is 2. The van der Waals surface area contributed by atoms with E-state index in [1.165, 1.54) is 12.5 Å². The number of aromatic nitrogens is 1. The molecule has 1 N–H and O–H groups in total. The third kappa shape index (κ3) is 3.09. The van der Waals surface area contributed by atoms with Crippen LogP contribution in [0.5, 0.6) is 0 Å². The Morgan fingerprint density at radius 2 is 1.58 bits per heavy atom. The van der Waals surface area contributed by atoms with Crippen molar-refractivity contribution in [3.05, 3.63) is 118 Å². The Morgan fingerprint density at radius 3 is 2.33 bits per heavy atom. The van der Waals surface area contributed by atoms with Gasteiger partial charge in [0.1, 0.15) is 0 Å². The van der Waals surface area contributed by atoms with E-state index in [4.69, 9.17) is 4.74 Å². The van der Waals surface area contributed by atoms with Gasteiger partial charge in [-0.1, -0.05) is 54.6 Å². The van der Waals surface area contributed by atoms with E-state index < -0.39 is 11.9 Å². The van der Waals surface area contributed by atoms with Gasteiger partial charge in [-0.15, -0.1) is 0 Å². The van der Waals surface area contributed by atoms with Gasteiger partial charge in [0.2, 0.25) is 0 Å². The lowest BCUT2D eigenvalue weighted by Crippen LogP contribution is -2.29. The summed E-state index contributed by atoms with van der Waals surface area (Å²) in [7, 11) is 1.38. The van der Waals surface area contributed by atoms with Crippen molar-refractivity contribution in [3.8, 4) is 5.69 Å². The van der Waals surface area contributed by atoms with Crippen LogP contribution >= 0.6 is 0 Å². The normalized spacial score (nSPS) is 16.8. The van der Waals surface area contributed by atoms with Crippen molar-refractivity contribution in [2.45, 2.75) is 26.7 Å². The van der Waals surface area contributed by atoms with Gasteiger partial charge in [0.15, 0.2) is 5.78 Å². The molecule has 1 aliphatic heterocycles. The van der Waals surface area contributed by atoms with Crippen LogP contribution in [0.3, 0.4) is 0 Å². The highest BCUT2D eigenvalue weighted by Crippen LogP contribution is 2.48. The Hall–Kier alpha value is -4.38. The maximum Gasteiger partial charge on any atom is 0.336 e. The minimum Gasteiger partial charge on any atom is -0.466 e. The molecule has 0 bridgehead atoms. The van der Waals surface area contributed by atoms with Gasteiger partial charge in [-0.25, -0.2) is 4.79 Å². The first-order valence-corrected chi connectivity index (χ1v) is 12.0. The van der Waals surface area contributed by atoms with Gasteiger partial charge >= 0.3 is 5.97 Å². The highest BCUT2D eigenvalue weighted by molar-refractivity contribution is 6.23. The number of hydrogen-bond donors (Lipinski definition) is 1. The molecule has 1 aromatic heterocycles. The number of nitrogens with zero attached hydrogens (tertiary/aromatic N) is 1. The average molecular weight is 475 g/mol. The number of nitrogens with one attached hydrogen (secondary N) is 1. The average Bonchev–Trinajstić information content (AvgIpc) is 3.35. The molecule has 2 aliphatic rings. The lowest BCUT2D eigenvalue weighted by atomic mass is 9.79. The number of ketones is 1. The molecule has 0 spiro atoms. The highest BCUT2D eigenvalue weighted by Gasteiger charge is 2.43. The zero-order valence-corrected chi connectivity index (χ0v) is 20.7. The van der Waals surface area contributed by atoms with E-state index in [1.807, 2.05) is 43.3 Å². The Kier molecular flexibility index (Phi) is 4.97. The first-order chi connectivity index (χ1) is 17.4. The van der Waals surface area contributed by atoms with Crippen LogP contribution in [0.15, 0.2) is 89.6 Å². The fourth-order valence-corrected chi connectivity index (χ4v) is 5.81. The summed E-state index contributed by atoms with van der Waals surface area (Å²) in [6, 6.07) is 24.4. The van der Waals surface area contributed by atoms with Crippen molar-refractivity contribution in [2.24, 2.45) is 0 Å². The molecule has 3 aromatic carbocycles. The van der Waals surface area contributed by atoms with Gasteiger partial charge in [-0.2, -0.15) is 0 Å². The largest absolute Gasteiger partial charge is 0.466 e. The zero-order chi connectivity index (χ0) is 25.1. The van der Waals surface area contributed by atoms with Crippen molar-refractivity contribution >= 4 is 28.2 Å². The van der Waals surface area contributed by atoms with Crippen molar-refractivity contribution < 1.29 is 14.3 Å². The van der Waals surface area contributed by atoms with Gasteiger partial charge in [0.05, 0.1) is 24.3 Å². The fraction of sp³-hybridized carbons (Fsp3) is 0.161. The van der Waals surface area contributed by atoms with Crippen molar-refractivity contribution in [1.29, 1.82) is 0 Å². The minimum absolute atomic E-state index is 0.0532. The zero-order valence-electron chi connectivity index (χ0n) is 20.7. The molecular formula is C31H26N2O3. The van der Waals surface area contributed by atoms with Crippen LogP contribution in [-0.4, -0.2) is 23.4 Å². The van der Waals surface area contributed by atoms with Crippen molar-refractivity contribution in [2.75, 3.05) is 7.11 Å². The molecule has 178 valence electrons. The standard InChI is InChI=1S/C31H26N2O3/c1-17-15-25(19(3)33(17)22-14-13-20-9-5-6-10-21(20)16-22)27-26(31(35)36-4)18(2)32-29-23-11-7-8-12-24(23)30(34)28(27)29/h5-16,27,32H,1-4H3/t27-/m0/s1. The molecule has 5 nitrogen and oxygen atoms in total. The summed E-state index contributed by atoms with van der Waals surface area (Å²) in [5, 5.41) is 5.69. The lowest BCUT2D eigenvalue weighted by molar-refractivity contribution is -0.136. The molecular weight excluding hydrogens is 448 g/mol. The molecule has 1 aliphatic carbocycles. The van der Waals surface area contributed by atoms with Crippen molar-refractivity contribution in [1.82, 2.24) is 9.88 Å². The first kappa shape index (κ1) is 22.1. The summed E-state index contributed by atoms with van der Waals surface area (Å²) in [6.07, 6.45) is 0. The Balaban J connectivity index is 1.57. The number of carbonyl (C=O) groups is 2. The van der Waals surface area contributed by atoms with E-state index in [0.29, 0.717) is 22.4 Å². The molecule has 0 fully saturated rings. The second-order valence-corrected chi connectivity index (χ2v) is 9.44. The molecule has 4 aromatic rings. The number of aryl methyl sites for hydroxylation is 1. The quantitative estimate of drug-likeness (QED) is 0.371. The van der Waals surface area contributed by atoms with Gasteiger partial charge in [-0.05, 0) is 55.3 Å². The maximum atomic E-state index is 13.7. The predicted molar refractivity (Wildman–Crippen MR) is 141 cm³/mol. The van der Waals surface area contributed by atoms with E-state index in [1.54, 1.807) is 0 Å². The van der Waals surface area contributed by atoms with Crippen LogP contribution < -0.4 is 5.32 Å². The monoisotopic (exact) mass is 474 g/mol. The number of Topliss-reactive ketones (excluding diaryl/α,β-unsaturated/α-hetero) is 1. The van der Waals surface area contributed by atoms with Gasteiger partial charge < -0.3 is 14.6 Å². The molecule has 2 heterocycles. The second-order valence-electron chi connectivity index (χ2n) is 9.44. The predicted octanol–water partition coefficient (Wildman–Crippen LogP) is 5.99. The molecule has 6 rings (SSSR count). The molecule has 0 radical (unpaired) electrons. The van der Waals surface area contributed by atoms with Crippen LogP contribution in [-0.2, 0) is 9.53 Å². The smallest absolute Gasteiger partial charge is 0.336 e. The minimum atomic E-state index is -0.533. The summed E-state index contributed by atoms with van der Waals surface area (Å²) in [4.78, 5) is 26.8. The van der Waals surface area contributed by atoms with Gasteiger partial charge in [0, 0.05) is 39.5 Å². The van der Waals surface area contributed by atoms with Crippen LogP contribution in [0.25, 0.3) is 22.2 Å². The van der Waals surface area contributed by atoms with E-state index in [-0.39, 0.29) is 5.78 Å².